The molecule has 1 atom stereocenters. The fraction of sp³-hybridized carbons (Fsp3) is 0.316. The molecule has 3 heterocycles. The molecule has 0 unspecified atom stereocenters. The molecule has 0 bridgehead atoms. The number of rotatable bonds is 3. The van der Waals surface area contributed by atoms with Crippen LogP contribution in [0.5, 0.6) is 0 Å². The molecule has 1 fully saturated rings. The zero-order valence-corrected chi connectivity index (χ0v) is 14.8. The first-order chi connectivity index (χ1) is 13.0. The summed E-state index contributed by atoms with van der Waals surface area (Å²) in [6.45, 7) is 2.76. The number of aryl methyl sites for hydroxylation is 1. The summed E-state index contributed by atoms with van der Waals surface area (Å²) < 4.78 is 20.2. The molecule has 0 spiro atoms. The first kappa shape index (κ1) is 17.4. The number of nitrogens with one attached hydrogen (secondary N) is 1. The van der Waals surface area contributed by atoms with Crippen LogP contribution >= 0.6 is 0 Å². The molecule has 2 N–H and O–H groups in total. The highest BCUT2D eigenvalue weighted by Crippen LogP contribution is 2.29. The number of pyridine rings is 1. The van der Waals surface area contributed by atoms with Gasteiger partial charge in [0.05, 0.1) is 11.7 Å². The summed E-state index contributed by atoms with van der Waals surface area (Å²) in [5, 5.41) is 12.2. The second-order valence-corrected chi connectivity index (χ2v) is 6.51. The first-order valence-electron chi connectivity index (χ1n) is 8.83. The third kappa shape index (κ3) is 3.35. The van der Waals surface area contributed by atoms with Crippen LogP contribution in [-0.2, 0) is 6.42 Å². The quantitative estimate of drug-likeness (QED) is 0.739. The average Bonchev–Trinajstić information content (AvgIpc) is 3.27. The van der Waals surface area contributed by atoms with Crippen molar-refractivity contribution in [2.75, 3.05) is 18.4 Å². The standard InChI is InChI=1S/C19H19FN4O3/c1-2-11-5-7-21-18-16(11)23-17(27-18)14-4-3-12(9-15(14)20)22-19(26)24-8-6-13(25)10-24/h3-5,7,9,13,25H,2,6,8,10H2,1H3,(H,22,26)/t13-/m1/s1. The van der Waals surface area contributed by atoms with Gasteiger partial charge in [0.1, 0.15) is 11.3 Å². The van der Waals surface area contributed by atoms with Gasteiger partial charge in [-0.3, -0.25) is 0 Å². The number of fused-ring (bicyclic) bond motifs is 1. The summed E-state index contributed by atoms with van der Waals surface area (Å²) in [6, 6.07) is 5.82. The van der Waals surface area contributed by atoms with Crippen molar-refractivity contribution in [3.63, 3.8) is 0 Å². The van der Waals surface area contributed by atoms with E-state index in [1.165, 1.54) is 17.0 Å². The van der Waals surface area contributed by atoms with Gasteiger partial charge in [-0.05, 0) is 42.7 Å². The van der Waals surface area contributed by atoms with E-state index in [9.17, 15) is 14.3 Å². The summed E-state index contributed by atoms with van der Waals surface area (Å²) in [6.07, 6.45) is 2.45. The van der Waals surface area contributed by atoms with Crippen molar-refractivity contribution in [1.82, 2.24) is 14.9 Å². The van der Waals surface area contributed by atoms with Gasteiger partial charge in [0.2, 0.25) is 11.6 Å². The molecule has 4 rings (SSSR count). The van der Waals surface area contributed by atoms with Crippen molar-refractivity contribution < 1.29 is 18.7 Å². The van der Waals surface area contributed by atoms with E-state index in [1.54, 1.807) is 12.3 Å². The van der Waals surface area contributed by atoms with E-state index in [-0.39, 0.29) is 24.0 Å². The van der Waals surface area contributed by atoms with Gasteiger partial charge in [0.15, 0.2) is 0 Å². The van der Waals surface area contributed by atoms with Gasteiger partial charge < -0.3 is 19.7 Å². The van der Waals surface area contributed by atoms with Crippen LogP contribution in [0.3, 0.4) is 0 Å². The minimum Gasteiger partial charge on any atom is -0.418 e. The van der Waals surface area contributed by atoms with Crippen molar-refractivity contribution >= 4 is 22.9 Å². The van der Waals surface area contributed by atoms with E-state index in [0.717, 1.165) is 12.0 Å². The van der Waals surface area contributed by atoms with E-state index in [4.69, 9.17) is 4.42 Å². The molecule has 1 aliphatic rings. The highest BCUT2D eigenvalue weighted by Gasteiger charge is 2.24. The molecule has 0 aliphatic carbocycles. The number of halogens is 1. The third-order valence-electron chi connectivity index (χ3n) is 4.66. The molecule has 1 aromatic carbocycles. The molecule has 1 saturated heterocycles. The molecule has 8 heteroatoms. The summed E-state index contributed by atoms with van der Waals surface area (Å²) in [7, 11) is 0. The maximum absolute atomic E-state index is 14.6. The number of benzene rings is 1. The van der Waals surface area contributed by atoms with Crippen LogP contribution < -0.4 is 5.32 Å². The number of amides is 2. The predicted octanol–water partition coefficient (Wildman–Crippen LogP) is 3.19. The van der Waals surface area contributed by atoms with E-state index in [2.05, 4.69) is 15.3 Å². The number of nitrogens with zero attached hydrogens (tertiary/aromatic N) is 3. The molecule has 27 heavy (non-hydrogen) atoms. The van der Waals surface area contributed by atoms with Gasteiger partial charge >= 0.3 is 6.03 Å². The maximum Gasteiger partial charge on any atom is 0.321 e. The van der Waals surface area contributed by atoms with Crippen LogP contribution in [0, 0.1) is 5.82 Å². The maximum atomic E-state index is 14.6. The van der Waals surface area contributed by atoms with Gasteiger partial charge in [-0.2, -0.15) is 0 Å². The Morgan fingerprint density at radius 3 is 3.00 bits per heavy atom. The summed E-state index contributed by atoms with van der Waals surface area (Å²) in [5.41, 5.74) is 2.50. The van der Waals surface area contributed by atoms with Crippen molar-refractivity contribution in [2.45, 2.75) is 25.9 Å². The van der Waals surface area contributed by atoms with Crippen LogP contribution in [0.4, 0.5) is 14.9 Å². The molecule has 2 amide bonds. The fourth-order valence-corrected chi connectivity index (χ4v) is 3.18. The van der Waals surface area contributed by atoms with Crippen LogP contribution in [-0.4, -0.2) is 45.2 Å². The Bertz CT molecular complexity index is 1000. The van der Waals surface area contributed by atoms with Crippen LogP contribution in [0.15, 0.2) is 34.9 Å². The second kappa shape index (κ2) is 6.96. The highest BCUT2D eigenvalue weighted by atomic mass is 19.1. The molecule has 2 aromatic heterocycles. The van der Waals surface area contributed by atoms with Crippen LogP contribution in [0.2, 0.25) is 0 Å². The molecule has 0 radical (unpaired) electrons. The lowest BCUT2D eigenvalue weighted by Gasteiger charge is -2.16. The predicted molar refractivity (Wildman–Crippen MR) is 97.8 cm³/mol. The Balaban J connectivity index is 1.58. The molecule has 3 aromatic rings. The van der Waals surface area contributed by atoms with E-state index in [0.29, 0.717) is 29.9 Å². The van der Waals surface area contributed by atoms with Gasteiger partial charge in [-0.1, -0.05) is 6.92 Å². The lowest BCUT2D eigenvalue weighted by Crippen LogP contribution is -2.33. The lowest BCUT2D eigenvalue weighted by atomic mass is 10.2. The number of anilines is 1. The SMILES string of the molecule is CCc1ccnc2oc(-c3ccc(NC(=O)N4CC[C@@H](O)C4)cc3F)nc12. The Morgan fingerprint density at radius 2 is 2.30 bits per heavy atom. The third-order valence-corrected chi connectivity index (χ3v) is 4.66. The fourth-order valence-electron chi connectivity index (χ4n) is 3.18. The van der Waals surface area contributed by atoms with Crippen molar-refractivity contribution in [2.24, 2.45) is 0 Å². The highest BCUT2D eigenvalue weighted by molar-refractivity contribution is 5.90. The molecular formula is C19H19FN4O3. The van der Waals surface area contributed by atoms with Crippen molar-refractivity contribution in [3.8, 4) is 11.5 Å². The zero-order valence-electron chi connectivity index (χ0n) is 14.8. The second-order valence-electron chi connectivity index (χ2n) is 6.51. The number of oxazole rings is 1. The molecule has 1 aliphatic heterocycles. The van der Waals surface area contributed by atoms with Crippen molar-refractivity contribution in [1.29, 1.82) is 0 Å². The monoisotopic (exact) mass is 370 g/mol. The zero-order chi connectivity index (χ0) is 19.0. The number of aliphatic hydroxyl groups is 1. The molecular weight excluding hydrogens is 351 g/mol. The average molecular weight is 370 g/mol. The van der Waals surface area contributed by atoms with Crippen LogP contribution in [0.25, 0.3) is 22.7 Å². The minimum atomic E-state index is -0.557. The Labute approximate surface area is 154 Å². The Morgan fingerprint density at radius 1 is 1.44 bits per heavy atom. The number of carbonyl (C=O) groups excluding carboxylic acids is 1. The number of urea groups is 1. The summed E-state index contributed by atoms with van der Waals surface area (Å²) in [5.74, 6) is -0.407. The summed E-state index contributed by atoms with van der Waals surface area (Å²) >= 11 is 0. The van der Waals surface area contributed by atoms with Gasteiger partial charge in [-0.25, -0.2) is 19.2 Å². The van der Waals surface area contributed by atoms with Crippen molar-refractivity contribution in [3.05, 3.63) is 41.8 Å². The smallest absolute Gasteiger partial charge is 0.321 e. The van der Waals surface area contributed by atoms with Gasteiger partial charge in [0, 0.05) is 25.0 Å². The number of aromatic nitrogens is 2. The first-order valence-corrected chi connectivity index (χ1v) is 8.83. The molecule has 140 valence electrons. The normalized spacial score (nSPS) is 16.9. The van der Waals surface area contributed by atoms with E-state index < -0.39 is 11.9 Å². The lowest BCUT2D eigenvalue weighted by molar-refractivity contribution is 0.176. The Hall–Kier alpha value is -3.00. The number of likely N-dealkylation sites (tertiary alicyclic amines) is 1. The largest absolute Gasteiger partial charge is 0.418 e. The Kier molecular flexibility index (Phi) is 4.49. The number of β-amino-alcohol motifs (C(OH)–C–C–N with tert-alkyl or cyclic N) is 1. The number of hydrogen-bond acceptors (Lipinski definition) is 5. The number of carbonyl (C=O) groups is 1. The number of hydrogen-bond donors (Lipinski definition) is 2. The van der Waals surface area contributed by atoms with Crippen LogP contribution in [0.1, 0.15) is 18.9 Å². The van der Waals surface area contributed by atoms with Gasteiger partial charge in [-0.15, -0.1) is 0 Å². The number of aliphatic hydroxyl groups excluding tert-OH is 1. The molecule has 7 nitrogen and oxygen atoms in total. The van der Waals surface area contributed by atoms with Gasteiger partial charge in [0.25, 0.3) is 0 Å². The summed E-state index contributed by atoms with van der Waals surface area (Å²) in [4.78, 5) is 22.2. The van der Waals surface area contributed by atoms with E-state index >= 15 is 0 Å². The molecule has 0 saturated carbocycles. The topological polar surface area (TPSA) is 91.5 Å². The van der Waals surface area contributed by atoms with E-state index in [1.807, 2.05) is 13.0 Å². The minimum absolute atomic E-state index is 0.149.